The molecule has 0 aromatic heterocycles. The number of hydrogen-bond acceptors (Lipinski definition) is 3. The summed E-state index contributed by atoms with van der Waals surface area (Å²) in [5, 5.41) is 0. The molecular weight excluding hydrogens is 216 g/mol. The second-order valence-electron chi connectivity index (χ2n) is 4.07. The van der Waals surface area contributed by atoms with E-state index in [4.69, 9.17) is 10.5 Å². The van der Waals surface area contributed by atoms with Gasteiger partial charge >= 0.3 is 0 Å². The van der Waals surface area contributed by atoms with Crippen molar-refractivity contribution in [3.05, 3.63) is 29.8 Å². The summed E-state index contributed by atoms with van der Waals surface area (Å²) in [5.41, 5.74) is 6.38. The lowest BCUT2D eigenvalue weighted by molar-refractivity contribution is -0.122. The second kappa shape index (κ2) is 6.25. The van der Waals surface area contributed by atoms with E-state index in [1.807, 2.05) is 43.1 Å². The summed E-state index contributed by atoms with van der Waals surface area (Å²) in [5.74, 6) is 0.556. The molecular formula is C13H20N2O2. The number of rotatable bonds is 6. The zero-order valence-electron chi connectivity index (χ0n) is 10.6. The van der Waals surface area contributed by atoms with Crippen molar-refractivity contribution in [2.75, 3.05) is 13.7 Å². The predicted octanol–water partition coefficient (Wildman–Crippen LogP) is 1.39. The first-order valence-electron chi connectivity index (χ1n) is 5.76. The molecule has 94 valence electrons. The Morgan fingerprint density at radius 1 is 1.41 bits per heavy atom. The number of nitrogens with two attached hydrogens (primary N) is 1. The van der Waals surface area contributed by atoms with Crippen LogP contribution in [-0.2, 0) is 11.3 Å². The topological polar surface area (TPSA) is 55.6 Å². The largest absolute Gasteiger partial charge is 0.494 e. The number of ether oxygens (including phenoxy) is 1. The van der Waals surface area contributed by atoms with Gasteiger partial charge in [0.15, 0.2) is 0 Å². The van der Waals surface area contributed by atoms with E-state index in [1.165, 1.54) is 0 Å². The lowest BCUT2D eigenvalue weighted by Crippen LogP contribution is -2.39. The maximum absolute atomic E-state index is 11.0. The summed E-state index contributed by atoms with van der Waals surface area (Å²) in [6.07, 6.45) is 0. The van der Waals surface area contributed by atoms with Crippen LogP contribution in [0.15, 0.2) is 24.3 Å². The van der Waals surface area contributed by atoms with Gasteiger partial charge in [0.2, 0.25) is 5.91 Å². The summed E-state index contributed by atoms with van der Waals surface area (Å²) in [6.45, 7) is 5.11. The molecule has 4 nitrogen and oxygen atoms in total. The fourth-order valence-corrected chi connectivity index (χ4v) is 1.50. The van der Waals surface area contributed by atoms with Gasteiger partial charge in [-0.25, -0.2) is 0 Å². The highest BCUT2D eigenvalue weighted by molar-refractivity contribution is 5.79. The van der Waals surface area contributed by atoms with Gasteiger partial charge in [0, 0.05) is 6.54 Å². The van der Waals surface area contributed by atoms with Crippen LogP contribution in [0.2, 0.25) is 0 Å². The number of carbonyl (C=O) groups is 1. The smallest absolute Gasteiger partial charge is 0.234 e. The molecule has 1 atom stereocenters. The first-order valence-corrected chi connectivity index (χ1v) is 5.76. The van der Waals surface area contributed by atoms with E-state index in [2.05, 4.69) is 0 Å². The van der Waals surface area contributed by atoms with Crippen molar-refractivity contribution in [2.24, 2.45) is 5.73 Å². The Balaban J connectivity index is 2.59. The number of amides is 1. The van der Waals surface area contributed by atoms with Gasteiger partial charge in [0.05, 0.1) is 12.6 Å². The highest BCUT2D eigenvalue weighted by Gasteiger charge is 2.14. The Morgan fingerprint density at radius 2 is 2.00 bits per heavy atom. The SMILES string of the molecule is CCOc1ccc(CN(C)[C@H](C)C(N)=O)cc1. The van der Waals surface area contributed by atoms with E-state index in [1.54, 1.807) is 6.92 Å². The van der Waals surface area contributed by atoms with Gasteiger partial charge in [-0.1, -0.05) is 12.1 Å². The minimum Gasteiger partial charge on any atom is -0.494 e. The quantitative estimate of drug-likeness (QED) is 0.812. The molecule has 0 aliphatic carbocycles. The van der Waals surface area contributed by atoms with Crippen LogP contribution in [0.25, 0.3) is 0 Å². The first-order chi connectivity index (χ1) is 8.04. The van der Waals surface area contributed by atoms with Crippen molar-refractivity contribution in [2.45, 2.75) is 26.4 Å². The molecule has 0 radical (unpaired) electrons. The van der Waals surface area contributed by atoms with E-state index in [-0.39, 0.29) is 11.9 Å². The molecule has 1 amide bonds. The molecule has 0 unspecified atom stereocenters. The van der Waals surface area contributed by atoms with Crippen LogP contribution in [0, 0.1) is 0 Å². The third kappa shape index (κ3) is 4.07. The number of carbonyl (C=O) groups excluding carboxylic acids is 1. The average Bonchev–Trinajstić information content (AvgIpc) is 2.30. The Labute approximate surface area is 102 Å². The zero-order valence-corrected chi connectivity index (χ0v) is 10.6. The van der Waals surface area contributed by atoms with Crippen LogP contribution >= 0.6 is 0 Å². The molecule has 0 aliphatic rings. The highest BCUT2D eigenvalue weighted by atomic mass is 16.5. The molecule has 0 fully saturated rings. The number of hydrogen-bond donors (Lipinski definition) is 1. The molecule has 4 heteroatoms. The number of primary amides is 1. The molecule has 0 saturated carbocycles. The second-order valence-corrected chi connectivity index (χ2v) is 4.07. The maximum Gasteiger partial charge on any atom is 0.234 e. The molecule has 2 N–H and O–H groups in total. The fourth-order valence-electron chi connectivity index (χ4n) is 1.50. The van der Waals surface area contributed by atoms with Gasteiger partial charge < -0.3 is 10.5 Å². The van der Waals surface area contributed by atoms with Crippen molar-refractivity contribution in [3.8, 4) is 5.75 Å². The molecule has 0 aliphatic heterocycles. The maximum atomic E-state index is 11.0. The van der Waals surface area contributed by atoms with Crippen molar-refractivity contribution in [1.29, 1.82) is 0 Å². The van der Waals surface area contributed by atoms with Crippen molar-refractivity contribution in [1.82, 2.24) is 4.90 Å². The van der Waals surface area contributed by atoms with Gasteiger partial charge in [0.25, 0.3) is 0 Å². The first kappa shape index (κ1) is 13.5. The summed E-state index contributed by atoms with van der Waals surface area (Å²) in [7, 11) is 1.88. The van der Waals surface area contributed by atoms with Crippen LogP contribution in [0.5, 0.6) is 5.75 Å². The molecule has 17 heavy (non-hydrogen) atoms. The van der Waals surface area contributed by atoms with Crippen molar-refractivity contribution in [3.63, 3.8) is 0 Å². The average molecular weight is 236 g/mol. The van der Waals surface area contributed by atoms with E-state index in [0.717, 1.165) is 11.3 Å². The van der Waals surface area contributed by atoms with Crippen molar-refractivity contribution < 1.29 is 9.53 Å². The predicted molar refractivity (Wildman–Crippen MR) is 67.7 cm³/mol. The number of benzene rings is 1. The number of nitrogens with zero attached hydrogens (tertiary/aromatic N) is 1. The Morgan fingerprint density at radius 3 is 2.47 bits per heavy atom. The van der Waals surface area contributed by atoms with Crippen LogP contribution in [0.3, 0.4) is 0 Å². The summed E-state index contributed by atoms with van der Waals surface area (Å²) < 4.78 is 5.36. The fraction of sp³-hybridized carbons (Fsp3) is 0.462. The van der Waals surface area contributed by atoms with E-state index in [0.29, 0.717) is 13.2 Å². The lowest BCUT2D eigenvalue weighted by atomic mass is 10.2. The Hall–Kier alpha value is -1.55. The third-order valence-corrected chi connectivity index (χ3v) is 2.74. The molecule has 1 rings (SSSR count). The monoisotopic (exact) mass is 236 g/mol. The third-order valence-electron chi connectivity index (χ3n) is 2.74. The Kier molecular flexibility index (Phi) is 4.97. The molecule has 0 heterocycles. The van der Waals surface area contributed by atoms with E-state index >= 15 is 0 Å². The number of likely N-dealkylation sites (N-methyl/N-ethyl adjacent to an activating group) is 1. The van der Waals surface area contributed by atoms with Crippen LogP contribution in [0.4, 0.5) is 0 Å². The summed E-state index contributed by atoms with van der Waals surface area (Å²) in [4.78, 5) is 12.9. The molecule has 0 spiro atoms. The van der Waals surface area contributed by atoms with Crippen molar-refractivity contribution >= 4 is 5.91 Å². The van der Waals surface area contributed by atoms with Crippen LogP contribution < -0.4 is 10.5 Å². The van der Waals surface area contributed by atoms with E-state index in [9.17, 15) is 4.79 Å². The van der Waals surface area contributed by atoms with Gasteiger partial charge in [0.1, 0.15) is 5.75 Å². The molecule has 0 saturated heterocycles. The zero-order chi connectivity index (χ0) is 12.8. The minimum absolute atomic E-state index is 0.262. The highest BCUT2D eigenvalue weighted by Crippen LogP contribution is 2.13. The summed E-state index contributed by atoms with van der Waals surface area (Å²) >= 11 is 0. The minimum atomic E-state index is -0.307. The standard InChI is InChI=1S/C13H20N2O2/c1-4-17-12-7-5-11(6-8-12)9-15(3)10(2)13(14)16/h5-8,10H,4,9H2,1-3H3,(H2,14,16)/t10-/m1/s1. The normalized spacial score (nSPS) is 12.5. The molecule has 1 aromatic carbocycles. The van der Waals surface area contributed by atoms with Gasteiger partial charge in [-0.15, -0.1) is 0 Å². The molecule has 0 bridgehead atoms. The van der Waals surface area contributed by atoms with E-state index < -0.39 is 0 Å². The lowest BCUT2D eigenvalue weighted by Gasteiger charge is -2.21. The summed E-state index contributed by atoms with van der Waals surface area (Å²) in [6, 6.07) is 7.59. The molecule has 1 aromatic rings. The van der Waals surface area contributed by atoms with Gasteiger partial charge in [-0.05, 0) is 38.6 Å². The van der Waals surface area contributed by atoms with Gasteiger partial charge in [-0.2, -0.15) is 0 Å². The van der Waals surface area contributed by atoms with Crippen LogP contribution in [0.1, 0.15) is 19.4 Å². The van der Waals surface area contributed by atoms with Crippen LogP contribution in [-0.4, -0.2) is 30.5 Å². The van der Waals surface area contributed by atoms with Gasteiger partial charge in [-0.3, -0.25) is 9.69 Å². The Bertz CT molecular complexity index is 362.